The highest BCUT2D eigenvalue weighted by Crippen LogP contribution is 2.26. The average molecular weight is 299 g/mol. The zero-order valence-corrected chi connectivity index (χ0v) is 12.5. The molecule has 0 saturated carbocycles. The Kier molecular flexibility index (Phi) is 4.78. The van der Waals surface area contributed by atoms with Crippen molar-refractivity contribution in [1.29, 1.82) is 0 Å². The predicted octanol–water partition coefficient (Wildman–Crippen LogP) is 2.58. The lowest BCUT2D eigenvalue weighted by Crippen LogP contribution is -2.10. The fourth-order valence-electron chi connectivity index (χ4n) is 1.97. The first-order valence-electron chi connectivity index (χ1n) is 6.72. The summed E-state index contributed by atoms with van der Waals surface area (Å²) in [6.45, 7) is 1.75. The maximum Gasteiger partial charge on any atom is 0.248 e. The van der Waals surface area contributed by atoms with Crippen molar-refractivity contribution in [2.45, 2.75) is 13.5 Å². The van der Waals surface area contributed by atoms with Crippen LogP contribution in [0.3, 0.4) is 0 Å². The van der Waals surface area contributed by atoms with Gasteiger partial charge in [0.1, 0.15) is 18.1 Å². The molecule has 0 aliphatic rings. The largest absolute Gasteiger partial charge is 0.497 e. The van der Waals surface area contributed by atoms with Crippen molar-refractivity contribution in [2.75, 3.05) is 7.11 Å². The predicted molar refractivity (Wildman–Crippen MR) is 82.3 cm³/mol. The van der Waals surface area contributed by atoms with Gasteiger partial charge in [0, 0.05) is 11.6 Å². The number of primary amides is 1. The van der Waals surface area contributed by atoms with E-state index in [1.165, 1.54) is 6.92 Å². The van der Waals surface area contributed by atoms with E-state index in [0.717, 1.165) is 5.56 Å². The van der Waals surface area contributed by atoms with Gasteiger partial charge in [-0.3, -0.25) is 9.59 Å². The zero-order chi connectivity index (χ0) is 16.1. The monoisotopic (exact) mass is 299 g/mol. The normalized spacial score (nSPS) is 10.1. The smallest absolute Gasteiger partial charge is 0.248 e. The molecule has 0 unspecified atom stereocenters. The number of amides is 1. The highest BCUT2D eigenvalue weighted by Gasteiger charge is 2.10. The number of Topliss-reactive ketones (excluding diaryl/α,β-unsaturated/α-hetero) is 1. The van der Waals surface area contributed by atoms with Crippen molar-refractivity contribution in [1.82, 2.24) is 0 Å². The summed E-state index contributed by atoms with van der Waals surface area (Å²) >= 11 is 0. The number of methoxy groups -OCH3 is 1. The summed E-state index contributed by atoms with van der Waals surface area (Å²) in [6, 6.07) is 11.9. The third-order valence-electron chi connectivity index (χ3n) is 3.20. The van der Waals surface area contributed by atoms with Crippen LogP contribution < -0.4 is 15.2 Å². The molecule has 0 bridgehead atoms. The van der Waals surface area contributed by atoms with Crippen molar-refractivity contribution < 1.29 is 19.1 Å². The van der Waals surface area contributed by atoms with E-state index in [1.807, 2.05) is 0 Å². The van der Waals surface area contributed by atoms with Crippen LogP contribution in [0.4, 0.5) is 0 Å². The summed E-state index contributed by atoms with van der Waals surface area (Å²) in [5.74, 6) is 0.524. The molecular weight excluding hydrogens is 282 g/mol. The molecular formula is C17H17NO4. The third-order valence-corrected chi connectivity index (χ3v) is 3.20. The molecule has 2 rings (SSSR count). The molecule has 0 spiro atoms. The van der Waals surface area contributed by atoms with Gasteiger partial charge in [-0.05, 0) is 36.8 Å². The van der Waals surface area contributed by atoms with Gasteiger partial charge in [0.25, 0.3) is 0 Å². The third kappa shape index (κ3) is 3.63. The van der Waals surface area contributed by atoms with Crippen LogP contribution in [0, 0.1) is 0 Å². The van der Waals surface area contributed by atoms with E-state index in [1.54, 1.807) is 49.6 Å². The van der Waals surface area contributed by atoms with Crippen molar-refractivity contribution in [2.24, 2.45) is 5.73 Å². The minimum atomic E-state index is -0.473. The zero-order valence-electron chi connectivity index (χ0n) is 12.5. The molecule has 5 heteroatoms. The first-order valence-corrected chi connectivity index (χ1v) is 6.72. The Balaban J connectivity index is 2.16. The summed E-state index contributed by atoms with van der Waals surface area (Å²) in [5, 5.41) is 0. The Hall–Kier alpha value is -2.82. The molecule has 1 amide bonds. The van der Waals surface area contributed by atoms with Gasteiger partial charge in [-0.2, -0.15) is 0 Å². The number of carbonyl (C=O) groups excluding carboxylic acids is 2. The van der Waals surface area contributed by atoms with Crippen molar-refractivity contribution in [3.8, 4) is 11.5 Å². The average Bonchev–Trinajstić information content (AvgIpc) is 2.52. The van der Waals surface area contributed by atoms with Gasteiger partial charge < -0.3 is 15.2 Å². The molecule has 2 aromatic rings. The molecule has 0 saturated heterocycles. The molecule has 0 radical (unpaired) electrons. The number of hydrogen-bond donors (Lipinski definition) is 1. The van der Waals surface area contributed by atoms with Gasteiger partial charge in [0.05, 0.1) is 12.7 Å². The van der Waals surface area contributed by atoms with E-state index in [9.17, 15) is 9.59 Å². The molecule has 0 aromatic heterocycles. The summed E-state index contributed by atoms with van der Waals surface area (Å²) in [7, 11) is 1.55. The molecule has 0 fully saturated rings. The number of hydrogen-bond acceptors (Lipinski definition) is 4. The van der Waals surface area contributed by atoms with E-state index in [2.05, 4.69) is 0 Å². The van der Waals surface area contributed by atoms with Crippen LogP contribution in [-0.4, -0.2) is 18.8 Å². The summed E-state index contributed by atoms with van der Waals surface area (Å²) in [4.78, 5) is 22.6. The Bertz CT molecular complexity index is 692. The molecule has 22 heavy (non-hydrogen) atoms. The number of benzene rings is 2. The lowest BCUT2D eigenvalue weighted by atomic mass is 10.1. The second kappa shape index (κ2) is 6.76. The van der Waals surface area contributed by atoms with Gasteiger partial charge in [-0.1, -0.05) is 12.1 Å². The lowest BCUT2D eigenvalue weighted by Gasteiger charge is -2.11. The molecule has 114 valence electrons. The highest BCUT2D eigenvalue weighted by molar-refractivity contribution is 5.97. The van der Waals surface area contributed by atoms with Crippen molar-refractivity contribution in [3.05, 3.63) is 59.2 Å². The molecule has 5 nitrogen and oxygen atoms in total. The van der Waals surface area contributed by atoms with E-state index >= 15 is 0 Å². The van der Waals surface area contributed by atoms with Gasteiger partial charge >= 0.3 is 0 Å². The van der Waals surface area contributed by atoms with E-state index in [4.69, 9.17) is 15.2 Å². The van der Waals surface area contributed by atoms with Crippen LogP contribution in [0.5, 0.6) is 11.5 Å². The summed E-state index contributed by atoms with van der Waals surface area (Å²) in [6.07, 6.45) is 0. The maximum absolute atomic E-state index is 11.6. The number of ether oxygens (including phenoxy) is 2. The number of rotatable bonds is 6. The highest BCUT2D eigenvalue weighted by atomic mass is 16.5. The Morgan fingerprint density at radius 1 is 1.09 bits per heavy atom. The molecule has 0 atom stereocenters. The first-order chi connectivity index (χ1) is 10.5. The van der Waals surface area contributed by atoms with E-state index < -0.39 is 5.91 Å². The summed E-state index contributed by atoms with van der Waals surface area (Å²) in [5.41, 5.74) is 6.99. The molecule has 0 aliphatic carbocycles. The van der Waals surface area contributed by atoms with Crippen molar-refractivity contribution >= 4 is 11.7 Å². The maximum atomic E-state index is 11.6. The van der Waals surface area contributed by atoms with E-state index in [0.29, 0.717) is 22.6 Å². The minimum Gasteiger partial charge on any atom is -0.497 e. The van der Waals surface area contributed by atoms with Crippen LogP contribution in [0.1, 0.15) is 33.2 Å². The number of nitrogens with two attached hydrogens (primary N) is 1. The Morgan fingerprint density at radius 2 is 1.77 bits per heavy atom. The second-order valence-corrected chi connectivity index (χ2v) is 4.77. The van der Waals surface area contributed by atoms with Gasteiger partial charge in [0.2, 0.25) is 5.91 Å². The summed E-state index contributed by atoms with van der Waals surface area (Å²) < 4.78 is 10.9. The fraction of sp³-hybridized carbons (Fsp3) is 0.176. The lowest BCUT2D eigenvalue weighted by molar-refractivity contribution is 0.0994. The van der Waals surface area contributed by atoms with Crippen molar-refractivity contribution in [3.63, 3.8) is 0 Å². The standard InChI is InChI=1S/C17H17NO4/c1-11(19)15-8-7-14(21-2)9-16(15)22-10-12-3-5-13(6-4-12)17(18)20/h3-9H,10H2,1-2H3,(H2,18,20). The van der Waals surface area contributed by atoms with Gasteiger partial charge in [0.15, 0.2) is 5.78 Å². The molecule has 0 aliphatic heterocycles. The minimum absolute atomic E-state index is 0.0817. The molecule has 2 N–H and O–H groups in total. The van der Waals surface area contributed by atoms with Gasteiger partial charge in [-0.25, -0.2) is 0 Å². The quantitative estimate of drug-likeness (QED) is 0.831. The Labute approximate surface area is 128 Å². The first kappa shape index (κ1) is 15.6. The Morgan fingerprint density at radius 3 is 2.32 bits per heavy atom. The number of carbonyl (C=O) groups is 2. The molecule has 2 aromatic carbocycles. The van der Waals surface area contributed by atoms with Gasteiger partial charge in [-0.15, -0.1) is 0 Å². The second-order valence-electron chi connectivity index (χ2n) is 4.77. The van der Waals surface area contributed by atoms with Crippen LogP contribution in [0.2, 0.25) is 0 Å². The number of ketones is 1. The van der Waals surface area contributed by atoms with Crippen LogP contribution >= 0.6 is 0 Å². The molecule has 0 heterocycles. The van der Waals surface area contributed by atoms with Crippen LogP contribution in [0.15, 0.2) is 42.5 Å². The van der Waals surface area contributed by atoms with Crippen LogP contribution in [0.25, 0.3) is 0 Å². The topological polar surface area (TPSA) is 78.6 Å². The fourth-order valence-corrected chi connectivity index (χ4v) is 1.97. The van der Waals surface area contributed by atoms with Crippen LogP contribution in [-0.2, 0) is 6.61 Å². The SMILES string of the molecule is COc1ccc(C(C)=O)c(OCc2ccc(C(N)=O)cc2)c1. The van der Waals surface area contributed by atoms with E-state index in [-0.39, 0.29) is 12.4 Å².